The van der Waals surface area contributed by atoms with Crippen molar-refractivity contribution >= 4 is 34.3 Å². The lowest BCUT2D eigenvalue weighted by atomic mass is 10.2. The molecule has 0 unspecified atom stereocenters. The molecule has 2 aromatic carbocycles. The van der Waals surface area contributed by atoms with E-state index < -0.39 is 11.6 Å². The smallest absolute Gasteiger partial charge is 0.245 e. The first-order valence-corrected chi connectivity index (χ1v) is 7.51. The summed E-state index contributed by atoms with van der Waals surface area (Å²) in [6, 6.07) is 6.75. The van der Waals surface area contributed by atoms with Crippen LogP contribution in [0.25, 0.3) is 11.3 Å². The molecule has 2 aromatic heterocycles. The summed E-state index contributed by atoms with van der Waals surface area (Å²) in [5, 5.41) is 31.5. The van der Waals surface area contributed by atoms with E-state index >= 15 is 0 Å². The SMILES string of the molecule is Oc1ccc(F)c(Nc2nc3nonc3nc2Nc2cc(O)ccc2F)c1. The number of benzene rings is 2. The molecule has 4 aromatic rings. The zero-order chi connectivity index (χ0) is 19.0. The van der Waals surface area contributed by atoms with E-state index in [9.17, 15) is 19.0 Å². The number of hydrogen-bond donors (Lipinski definition) is 4. The number of phenols is 2. The number of phenolic OH excluding ortho intramolecular Hbond substituents is 2. The van der Waals surface area contributed by atoms with E-state index in [2.05, 4.69) is 35.5 Å². The van der Waals surface area contributed by atoms with Crippen molar-refractivity contribution in [3.05, 3.63) is 48.0 Å². The van der Waals surface area contributed by atoms with Gasteiger partial charge in [-0.2, -0.15) is 0 Å². The van der Waals surface area contributed by atoms with E-state index in [0.717, 1.165) is 24.3 Å². The highest BCUT2D eigenvalue weighted by Crippen LogP contribution is 2.31. The summed E-state index contributed by atoms with van der Waals surface area (Å²) in [6.45, 7) is 0. The summed E-state index contributed by atoms with van der Waals surface area (Å²) in [5.41, 5.74) is -0.140. The van der Waals surface area contributed by atoms with E-state index in [4.69, 9.17) is 0 Å². The van der Waals surface area contributed by atoms with Crippen molar-refractivity contribution in [3.63, 3.8) is 0 Å². The average molecular weight is 372 g/mol. The first-order chi connectivity index (χ1) is 13.0. The predicted octanol–water partition coefficient (Wildman–Crippen LogP) is 3.19. The van der Waals surface area contributed by atoms with Crippen LogP contribution in [0.1, 0.15) is 0 Å². The third kappa shape index (κ3) is 3.25. The minimum atomic E-state index is -0.664. The highest BCUT2D eigenvalue weighted by atomic mass is 19.1. The Balaban J connectivity index is 1.80. The molecule has 11 heteroatoms. The van der Waals surface area contributed by atoms with Crippen molar-refractivity contribution in [3.8, 4) is 11.5 Å². The molecule has 4 rings (SSSR count). The van der Waals surface area contributed by atoms with Crippen LogP contribution in [0, 0.1) is 11.6 Å². The van der Waals surface area contributed by atoms with Gasteiger partial charge in [0.1, 0.15) is 23.1 Å². The van der Waals surface area contributed by atoms with Crippen molar-refractivity contribution in [1.82, 2.24) is 20.3 Å². The monoisotopic (exact) mass is 372 g/mol. The number of hydrogen-bond acceptors (Lipinski definition) is 9. The van der Waals surface area contributed by atoms with Gasteiger partial charge in [-0.25, -0.2) is 23.4 Å². The molecule has 136 valence electrons. The third-order valence-corrected chi connectivity index (χ3v) is 3.52. The Morgan fingerprint density at radius 1 is 0.741 bits per heavy atom. The van der Waals surface area contributed by atoms with E-state index in [1.54, 1.807) is 0 Å². The molecular formula is C16H10F2N6O3. The van der Waals surface area contributed by atoms with Crippen LogP contribution in [-0.2, 0) is 0 Å². The largest absolute Gasteiger partial charge is 0.508 e. The van der Waals surface area contributed by atoms with Crippen molar-refractivity contribution in [2.75, 3.05) is 10.6 Å². The molecule has 0 aliphatic rings. The Hall–Kier alpha value is -4.02. The van der Waals surface area contributed by atoms with Crippen LogP contribution in [0.15, 0.2) is 41.0 Å². The van der Waals surface area contributed by atoms with Gasteiger partial charge in [0.25, 0.3) is 0 Å². The number of aromatic nitrogens is 4. The van der Waals surface area contributed by atoms with Gasteiger partial charge in [-0.15, -0.1) is 0 Å². The molecule has 0 aliphatic carbocycles. The minimum Gasteiger partial charge on any atom is -0.508 e. The lowest BCUT2D eigenvalue weighted by Crippen LogP contribution is -2.05. The predicted molar refractivity (Wildman–Crippen MR) is 90.1 cm³/mol. The topological polar surface area (TPSA) is 129 Å². The van der Waals surface area contributed by atoms with Crippen LogP contribution in [0.2, 0.25) is 0 Å². The number of halogens is 2. The molecule has 4 N–H and O–H groups in total. The number of anilines is 4. The standard InChI is InChI=1S/C16H10F2N6O3/c17-9-3-1-7(25)5-11(9)19-13-14(22-16-15(21-13)23-27-24-16)20-12-6-8(26)2-4-10(12)18/h1-6,25-26H,(H,19,21,23)(H,20,22,24). The second-order valence-corrected chi connectivity index (χ2v) is 5.41. The van der Waals surface area contributed by atoms with Gasteiger partial charge in [-0.3, -0.25) is 0 Å². The fraction of sp³-hybridized carbons (Fsp3) is 0. The summed E-state index contributed by atoms with van der Waals surface area (Å²) in [6.07, 6.45) is 0. The summed E-state index contributed by atoms with van der Waals surface area (Å²) in [5.74, 6) is -1.75. The van der Waals surface area contributed by atoms with Gasteiger partial charge < -0.3 is 20.8 Å². The Morgan fingerprint density at radius 3 is 1.63 bits per heavy atom. The maximum atomic E-state index is 14.0. The fourth-order valence-corrected chi connectivity index (χ4v) is 2.29. The Bertz CT molecular complexity index is 1060. The highest BCUT2D eigenvalue weighted by Gasteiger charge is 2.16. The van der Waals surface area contributed by atoms with Gasteiger partial charge >= 0.3 is 0 Å². The van der Waals surface area contributed by atoms with Gasteiger partial charge in [0.15, 0.2) is 11.6 Å². The summed E-state index contributed by atoms with van der Waals surface area (Å²) in [7, 11) is 0. The lowest BCUT2D eigenvalue weighted by Gasteiger charge is -2.13. The molecule has 0 saturated heterocycles. The molecule has 0 amide bonds. The molecular weight excluding hydrogens is 362 g/mol. The number of fused-ring (bicyclic) bond motifs is 1. The second-order valence-electron chi connectivity index (χ2n) is 5.41. The van der Waals surface area contributed by atoms with Gasteiger partial charge in [0.05, 0.1) is 11.4 Å². The Morgan fingerprint density at radius 2 is 1.19 bits per heavy atom. The van der Waals surface area contributed by atoms with Crippen LogP contribution in [-0.4, -0.2) is 30.5 Å². The maximum Gasteiger partial charge on any atom is 0.245 e. The molecule has 0 saturated carbocycles. The van der Waals surface area contributed by atoms with Gasteiger partial charge in [-0.05, 0) is 34.6 Å². The molecule has 0 bridgehead atoms. The summed E-state index contributed by atoms with van der Waals surface area (Å²) < 4.78 is 32.6. The fourth-order valence-electron chi connectivity index (χ4n) is 2.29. The van der Waals surface area contributed by atoms with Crippen molar-refractivity contribution in [2.24, 2.45) is 0 Å². The van der Waals surface area contributed by atoms with Crippen LogP contribution >= 0.6 is 0 Å². The first-order valence-electron chi connectivity index (χ1n) is 7.51. The van der Waals surface area contributed by atoms with Gasteiger partial charge in [0.2, 0.25) is 11.3 Å². The van der Waals surface area contributed by atoms with Crippen LogP contribution in [0.5, 0.6) is 11.5 Å². The quantitative estimate of drug-likeness (QED) is 0.427. The average Bonchev–Trinajstić information content (AvgIpc) is 3.08. The van der Waals surface area contributed by atoms with Gasteiger partial charge in [0, 0.05) is 12.1 Å². The molecule has 0 fully saturated rings. The second kappa shape index (κ2) is 6.37. The van der Waals surface area contributed by atoms with Crippen LogP contribution in [0.3, 0.4) is 0 Å². The number of nitrogens with zero attached hydrogens (tertiary/aromatic N) is 4. The first kappa shape index (κ1) is 16.4. The third-order valence-electron chi connectivity index (χ3n) is 3.52. The molecule has 2 heterocycles. The lowest BCUT2D eigenvalue weighted by molar-refractivity contribution is 0.314. The Labute approximate surface area is 149 Å². The minimum absolute atomic E-state index is 0.0278. The molecule has 0 spiro atoms. The van der Waals surface area contributed by atoms with Gasteiger partial charge in [-0.1, -0.05) is 0 Å². The summed E-state index contributed by atoms with van der Waals surface area (Å²) in [4.78, 5) is 8.23. The van der Waals surface area contributed by atoms with Crippen molar-refractivity contribution < 1.29 is 23.6 Å². The molecule has 0 aliphatic heterocycles. The normalized spacial score (nSPS) is 10.9. The number of aromatic hydroxyl groups is 2. The van der Waals surface area contributed by atoms with Crippen molar-refractivity contribution in [2.45, 2.75) is 0 Å². The van der Waals surface area contributed by atoms with E-state index in [-0.39, 0.29) is 45.8 Å². The number of rotatable bonds is 4. The molecule has 27 heavy (non-hydrogen) atoms. The van der Waals surface area contributed by atoms with Crippen molar-refractivity contribution in [1.29, 1.82) is 0 Å². The molecule has 0 atom stereocenters. The maximum absolute atomic E-state index is 14.0. The zero-order valence-corrected chi connectivity index (χ0v) is 13.3. The van der Waals surface area contributed by atoms with Crippen LogP contribution < -0.4 is 10.6 Å². The van der Waals surface area contributed by atoms with E-state index in [1.165, 1.54) is 12.1 Å². The molecule has 0 radical (unpaired) electrons. The zero-order valence-electron chi connectivity index (χ0n) is 13.3. The molecule has 9 nitrogen and oxygen atoms in total. The van der Waals surface area contributed by atoms with Crippen LogP contribution in [0.4, 0.5) is 31.8 Å². The highest BCUT2D eigenvalue weighted by molar-refractivity contribution is 5.79. The van der Waals surface area contributed by atoms with E-state index in [0.29, 0.717) is 0 Å². The van der Waals surface area contributed by atoms with E-state index in [1.807, 2.05) is 0 Å². The Kier molecular flexibility index (Phi) is 3.88. The summed E-state index contributed by atoms with van der Waals surface area (Å²) >= 11 is 0. The number of nitrogens with one attached hydrogen (secondary N) is 2.